The maximum atomic E-state index is 9.86. The number of hydrogen-bond donors (Lipinski definition) is 2. The Labute approximate surface area is 118 Å². The molecule has 1 aliphatic rings. The molecule has 0 saturated heterocycles. The van der Waals surface area contributed by atoms with Crippen LogP contribution in [0.25, 0.3) is 0 Å². The number of hydroxylamine groups is 1. The van der Waals surface area contributed by atoms with Gasteiger partial charge in [-0.1, -0.05) is 60.7 Å². The number of hydrogen-bond acceptors (Lipinski definition) is 4. The van der Waals surface area contributed by atoms with Crippen LogP contribution in [0.2, 0.25) is 0 Å². The van der Waals surface area contributed by atoms with Gasteiger partial charge in [-0.25, -0.2) is 0 Å². The summed E-state index contributed by atoms with van der Waals surface area (Å²) in [6, 6.07) is 19.8. The van der Waals surface area contributed by atoms with Crippen molar-refractivity contribution in [2.75, 3.05) is 13.6 Å². The summed E-state index contributed by atoms with van der Waals surface area (Å²) in [5.74, 6) is 0. The van der Waals surface area contributed by atoms with Crippen LogP contribution in [-0.4, -0.2) is 29.5 Å². The van der Waals surface area contributed by atoms with E-state index < -0.39 is 5.54 Å². The highest BCUT2D eigenvalue weighted by atomic mass is 16.5. The summed E-state index contributed by atoms with van der Waals surface area (Å²) >= 11 is 0. The lowest BCUT2D eigenvalue weighted by molar-refractivity contribution is 0.0888. The van der Waals surface area contributed by atoms with Gasteiger partial charge >= 0.3 is 0 Å². The van der Waals surface area contributed by atoms with Crippen LogP contribution in [-0.2, 0) is 5.54 Å². The van der Waals surface area contributed by atoms with E-state index in [0.717, 1.165) is 16.8 Å². The van der Waals surface area contributed by atoms with E-state index in [1.165, 1.54) is 0 Å². The Kier molecular flexibility index (Phi) is 3.26. The quantitative estimate of drug-likeness (QED) is 0.838. The van der Waals surface area contributed by atoms with E-state index in [4.69, 9.17) is 0 Å². The lowest BCUT2D eigenvalue weighted by Crippen LogP contribution is -2.49. The van der Waals surface area contributed by atoms with Gasteiger partial charge in [-0.3, -0.25) is 5.01 Å². The molecule has 0 aliphatic carbocycles. The van der Waals surface area contributed by atoms with Crippen molar-refractivity contribution in [1.82, 2.24) is 10.5 Å². The van der Waals surface area contributed by atoms with Crippen LogP contribution in [0.1, 0.15) is 11.1 Å². The van der Waals surface area contributed by atoms with Crippen LogP contribution in [0, 0.1) is 0 Å². The van der Waals surface area contributed by atoms with Crippen molar-refractivity contribution in [2.45, 2.75) is 5.54 Å². The van der Waals surface area contributed by atoms with Gasteiger partial charge in [-0.2, -0.15) is 10.6 Å². The maximum absolute atomic E-state index is 9.86. The van der Waals surface area contributed by atoms with Crippen molar-refractivity contribution in [3.8, 4) is 0 Å². The maximum Gasteiger partial charge on any atom is 0.131 e. The highest BCUT2D eigenvalue weighted by molar-refractivity contribution is 6.08. The predicted octanol–water partition coefficient (Wildman–Crippen LogP) is 2.21. The van der Waals surface area contributed by atoms with Crippen molar-refractivity contribution < 1.29 is 5.21 Å². The van der Waals surface area contributed by atoms with Gasteiger partial charge in [-0.05, 0) is 5.56 Å². The largest absolute Gasteiger partial charge is 0.315 e. The van der Waals surface area contributed by atoms with Gasteiger partial charge in [0.05, 0.1) is 12.3 Å². The molecular formula is C16H17N3O. The second-order valence-corrected chi connectivity index (χ2v) is 5.01. The van der Waals surface area contributed by atoms with Gasteiger partial charge < -0.3 is 5.21 Å². The molecule has 4 nitrogen and oxygen atoms in total. The van der Waals surface area contributed by atoms with Crippen molar-refractivity contribution in [3.05, 3.63) is 71.8 Å². The van der Waals surface area contributed by atoms with Crippen LogP contribution in [0.3, 0.4) is 0 Å². The fourth-order valence-electron chi connectivity index (χ4n) is 2.71. The van der Waals surface area contributed by atoms with E-state index in [1.807, 2.05) is 72.7 Å². The fourth-order valence-corrected chi connectivity index (χ4v) is 2.71. The van der Waals surface area contributed by atoms with Crippen molar-refractivity contribution >= 4 is 5.71 Å². The van der Waals surface area contributed by atoms with Gasteiger partial charge in [0.15, 0.2) is 0 Å². The molecule has 0 aromatic heterocycles. The van der Waals surface area contributed by atoms with E-state index in [0.29, 0.717) is 6.54 Å². The first-order valence-corrected chi connectivity index (χ1v) is 6.59. The van der Waals surface area contributed by atoms with Crippen molar-refractivity contribution in [3.63, 3.8) is 0 Å². The SMILES string of the molecule is CN1CC(NO)(c2ccccc2)C(c2ccccc2)=N1. The molecule has 0 spiro atoms. The van der Waals surface area contributed by atoms with E-state index in [2.05, 4.69) is 10.6 Å². The van der Waals surface area contributed by atoms with E-state index in [9.17, 15) is 5.21 Å². The van der Waals surface area contributed by atoms with Crippen LogP contribution in [0.15, 0.2) is 65.8 Å². The number of nitrogens with zero attached hydrogens (tertiary/aromatic N) is 2. The fraction of sp³-hybridized carbons (Fsp3) is 0.188. The molecule has 0 amide bonds. The number of benzene rings is 2. The summed E-state index contributed by atoms with van der Waals surface area (Å²) < 4.78 is 0. The Morgan fingerprint density at radius 3 is 2.25 bits per heavy atom. The molecule has 1 aliphatic heterocycles. The minimum absolute atomic E-state index is 0.581. The lowest BCUT2D eigenvalue weighted by Gasteiger charge is -2.29. The van der Waals surface area contributed by atoms with E-state index in [-0.39, 0.29) is 0 Å². The summed E-state index contributed by atoms with van der Waals surface area (Å²) in [4.78, 5) is 0. The second kappa shape index (κ2) is 5.07. The van der Waals surface area contributed by atoms with Crippen molar-refractivity contribution in [1.29, 1.82) is 0 Å². The molecular weight excluding hydrogens is 250 g/mol. The van der Waals surface area contributed by atoms with Gasteiger partial charge in [0, 0.05) is 12.6 Å². The zero-order valence-corrected chi connectivity index (χ0v) is 11.3. The summed E-state index contributed by atoms with van der Waals surface area (Å²) in [5, 5.41) is 16.3. The number of nitrogens with one attached hydrogen (secondary N) is 1. The average molecular weight is 267 g/mol. The molecule has 4 heteroatoms. The summed E-state index contributed by atoms with van der Waals surface area (Å²) in [5.41, 5.74) is 4.63. The summed E-state index contributed by atoms with van der Waals surface area (Å²) in [6.07, 6.45) is 0. The first-order chi connectivity index (χ1) is 9.76. The zero-order valence-electron chi connectivity index (χ0n) is 11.3. The zero-order chi connectivity index (χ0) is 14.0. The third kappa shape index (κ3) is 1.99. The molecule has 0 bridgehead atoms. The molecule has 2 aromatic carbocycles. The Bertz CT molecular complexity index is 612. The predicted molar refractivity (Wildman–Crippen MR) is 78.7 cm³/mol. The first-order valence-electron chi connectivity index (χ1n) is 6.59. The highest BCUT2D eigenvalue weighted by Crippen LogP contribution is 2.31. The average Bonchev–Trinajstić information content (AvgIpc) is 2.87. The molecule has 1 unspecified atom stereocenters. The molecule has 20 heavy (non-hydrogen) atoms. The number of likely N-dealkylation sites (N-methyl/N-ethyl adjacent to an activating group) is 1. The van der Waals surface area contributed by atoms with Gasteiger partial charge in [0.2, 0.25) is 0 Å². The summed E-state index contributed by atoms with van der Waals surface area (Å²) in [7, 11) is 1.91. The van der Waals surface area contributed by atoms with Crippen molar-refractivity contribution in [2.24, 2.45) is 5.10 Å². The lowest BCUT2D eigenvalue weighted by atomic mass is 9.83. The molecule has 102 valence electrons. The summed E-state index contributed by atoms with van der Waals surface area (Å²) in [6.45, 7) is 0.581. The van der Waals surface area contributed by atoms with Crippen LogP contribution < -0.4 is 5.48 Å². The molecule has 0 fully saturated rings. The molecule has 3 rings (SSSR count). The first kappa shape index (κ1) is 12.8. The van der Waals surface area contributed by atoms with Gasteiger partial charge in [-0.15, -0.1) is 0 Å². The topological polar surface area (TPSA) is 47.9 Å². The minimum Gasteiger partial charge on any atom is -0.315 e. The van der Waals surface area contributed by atoms with Gasteiger partial charge in [0.25, 0.3) is 0 Å². The Morgan fingerprint density at radius 1 is 1.05 bits per heavy atom. The molecule has 2 aromatic rings. The Morgan fingerprint density at radius 2 is 1.65 bits per heavy atom. The standard InChI is InChI=1S/C16H17N3O/c1-19-12-16(18-20,14-10-6-3-7-11-14)15(17-19)13-8-4-2-5-9-13/h2-11,18,20H,12H2,1H3. The highest BCUT2D eigenvalue weighted by Gasteiger charge is 2.43. The van der Waals surface area contributed by atoms with E-state index in [1.54, 1.807) is 0 Å². The smallest absolute Gasteiger partial charge is 0.131 e. The van der Waals surface area contributed by atoms with Crippen LogP contribution >= 0.6 is 0 Å². The van der Waals surface area contributed by atoms with E-state index >= 15 is 0 Å². The Balaban J connectivity index is 2.13. The number of hydrazone groups is 1. The monoisotopic (exact) mass is 267 g/mol. The molecule has 1 atom stereocenters. The third-order valence-electron chi connectivity index (χ3n) is 3.65. The molecule has 2 N–H and O–H groups in total. The number of rotatable bonds is 3. The van der Waals surface area contributed by atoms with Gasteiger partial charge in [0.1, 0.15) is 5.54 Å². The third-order valence-corrected chi connectivity index (χ3v) is 3.65. The second-order valence-electron chi connectivity index (χ2n) is 5.01. The minimum atomic E-state index is -0.697. The van der Waals surface area contributed by atoms with Crippen LogP contribution in [0.4, 0.5) is 0 Å². The normalized spacial score (nSPS) is 21.9. The molecule has 1 heterocycles. The molecule has 0 radical (unpaired) electrons. The Hall–Kier alpha value is -2.17. The van der Waals surface area contributed by atoms with Crippen LogP contribution in [0.5, 0.6) is 0 Å². The molecule has 0 saturated carbocycles.